The first-order valence-electron chi connectivity index (χ1n) is 3.58. The quantitative estimate of drug-likeness (QED) is 0.493. The maximum absolute atomic E-state index is 10.7. The van der Waals surface area contributed by atoms with Crippen LogP contribution in [-0.4, -0.2) is 18.1 Å². The minimum Gasteiger partial charge on any atom is -0.340 e. The zero-order chi connectivity index (χ0) is 9.68. The molecule has 13 heavy (non-hydrogen) atoms. The predicted octanol–water partition coefficient (Wildman–Crippen LogP) is 0.991. The van der Waals surface area contributed by atoms with Gasteiger partial charge < -0.3 is 5.32 Å². The number of aromatic nitrogens is 1. The first-order chi connectivity index (χ1) is 6.22. The first kappa shape index (κ1) is 9.60. The molecule has 0 saturated heterocycles. The summed E-state index contributed by atoms with van der Waals surface area (Å²) in [7, 11) is 1.52. The van der Waals surface area contributed by atoms with Crippen LogP contribution in [0.25, 0.3) is 0 Å². The molecule has 1 rings (SSSR count). The minimum atomic E-state index is -0.346. The Hall–Kier alpha value is -1.49. The van der Waals surface area contributed by atoms with Crippen molar-refractivity contribution < 1.29 is 4.79 Å². The van der Waals surface area contributed by atoms with E-state index in [4.69, 9.17) is 11.6 Å². The maximum atomic E-state index is 10.7. The topological polar surface area (TPSA) is 66.1 Å². The number of hydrogen-bond donors (Lipinski definition) is 3. The number of rotatable bonds is 2. The van der Waals surface area contributed by atoms with Crippen molar-refractivity contribution in [2.75, 3.05) is 12.5 Å². The molecule has 0 unspecified atom stereocenters. The summed E-state index contributed by atoms with van der Waals surface area (Å²) >= 11 is 5.61. The SMILES string of the molecule is CNC(=O)NNc1cccc(Cl)n1. The molecule has 0 atom stereocenters. The van der Waals surface area contributed by atoms with Crippen molar-refractivity contribution in [3.8, 4) is 0 Å². The van der Waals surface area contributed by atoms with Crippen LogP contribution >= 0.6 is 11.6 Å². The molecule has 0 aliphatic heterocycles. The lowest BCUT2D eigenvalue weighted by atomic mass is 10.5. The lowest BCUT2D eigenvalue weighted by molar-refractivity contribution is 0.244. The molecular weight excluding hydrogens is 192 g/mol. The average molecular weight is 201 g/mol. The monoisotopic (exact) mass is 200 g/mol. The van der Waals surface area contributed by atoms with Crippen molar-refractivity contribution in [2.24, 2.45) is 0 Å². The van der Waals surface area contributed by atoms with Gasteiger partial charge in [0.15, 0.2) is 0 Å². The summed E-state index contributed by atoms with van der Waals surface area (Å²) in [6.07, 6.45) is 0. The van der Waals surface area contributed by atoms with Crippen LogP contribution in [-0.2, 0) is 0 Å². The highest BCUT2D eigenvalue weighted by Gasteiger charge is 1.96. The highest BCUT2D eigenvalue weighted by atomic mass is 35.5. The fraction of sp³-hybridized carbons (Fsp3) is 0.143. The third-order valence-electron chi connectivity index (χ3n) is 1.25. The zero-order valence-electron chi connectivity index (χ0n) is 6.97. The van der Waals surface area contributed by atoms with Crippen molar-refractivity contribution in [3.63, 3.8) is 0 Å². The summed E-state index contributed by atoms with van der Waals surface area (Å²) < 4.78 is 0. The molecule has 0 aliphatic rings. The second-order valence-corrected chi connectivity index (χ2v) is 2.56. The number of carbonyl (C=O) groups excluding carboxylic acids is 1. The van der Waals surface area contributed by atoms with Gasteiger partial charge in [0, 0.05) is 7.05 Å². The van der Waals surface area contributed by atoms with Gasteiger partial charge in [0.2, 0.25) is 0 Å². The highest BCUT2D eigenvalue weighted by Crippen LogP contribution is 2.07. The normalized spacial score (nSPS) is 9.08. The van der Waals surface area contributed by atoms with Gasteiger partial charge in [0.1, 0.15) is 11.0 Å². The molecule has 0 aliphatic carbocycles. The van der Waals surface area contributed by atoms with E-state index in [0.29, 0.717) is 11.0 Å². The fourth-order valence-corrected chi connectivity index (χ4v) is 0.825. The molecule has 0 bridgehead atoms. The Labute approximate surface area is 80.5 Å². The van der Waals surface area contributed by atoms with E-state index in [1.165, 1.54) is 7.05 Å². The van der Waals surface area contributed by atoms with Crippen LogP contribution in [0.15, 0.2) is 18.2 Å². The molecular formula is C7H9ClN4O. The largest absolute Gasteiger partial charge is 0.340 e. The number of nitrogens with zero attached hydrogens (tertiary/aromatic N) is 1. The Morgan fingerprint density at radius 2 is 2.31 bits per heavy atom. The van der Waals surface area contributed by atoms with Crippen molar-refractivity contribution in [1.82, 2.24) is 15.7 Å². The molecule has 0 saturated carbocycles. The molecule has 0 spiro atoms. The Bertz CT molecular complexity index is 304. The Morgan fingerprint density at radius 1 is 1.54 bits per heavy atom. The number of carbonyl (C=O) groups is 1. The minimum absolute atomic E-state index is 0.346. The lowest BCUT2D eigenvalue weighted by Gasteiger charge is -2.06. The van der Waals surface area contributed by atoms with Crippen molar-refractivity contribution in [3.05, 3.63) is 23.4 Å². The van der Waals surface area contributed by atoms with Crippen molar-refractivity contribution in [2.45, 2.75) is 0 Å². The molecule has 0 fully saturated rings. The average Bonchev–Trinajstić information content (AvgIpc) is 2.14. The number of pyridine rings is 1. The van der Waals surface area contributed by atoms with Crippen molar-refractivity contribution in [1.29, 1.82) is 0 Å². The standard InChI is InChI=1S/C7H9ClN4O/c1-9-7(13)12-11-6-4-2-3-5(8)10-6/h2-4H,1H3,(H,10,11)(H2,9,12,13). The van der Waals surface area contributed by atoms with Gasteiger partial charge >= 0.3 is 6.03 Å². The van der Waals surface area contributed by atoms with E-state index in [1.807, 2.05) is 0 Å². The number of nitrogens with one attached hydrogen (secondary N) is 3. The van der Waals surface area contributed by atoms with Crippen LogP contribution in [0, 0.1) is 0 Å². The van der Waals surface area contributed by atoms with Crippen LogP contribution in [0.4, 0.5) is 10.6 Å². The van der Waals surface area contributed by atoms with Crippen LogP contribution in [0.1, 0.15) is 0 Å². The van der Waals surface area contributed by atoms with E-state index in [9.17, 15) is 4.79 Å². The number of amides is 2. The van der Waals surface area contributed by atoms with Gasteiger partial charge in [-0.25, -0.2) is 9.78 Å². The molecule has 5 nitrogen and oxygen atoms in total. The van der Waals surface area contributed by atoms with Crippen LogP contribution in [0.2, 0.25) is 5.15 Å². The second-order valence-electron chi connectivity index (χ2n) is 2.17. The number of urea groups is 1. The lowest BCUT2D eigenvalue weighted by Crippen LogP contribution is -2.37. The Morgan fingerprint density at radius 3 is 2.92 bits per heavy atom. The summed E-state index contributed by atoms with van der Waals surface area (Å²) in [4.78, 5) is 14.6. The summed E-state index contributed by atoms with van der Waals surface area (Å²) in [5.41, 5.74) is 4.93. The van der Waals surface area contributed by atoms with E-state index < -0.39 is 0 Å². The van der Waals surface area contributed by atoms with Crippen LogP contribution < -0.4 is 16.2 Å². The van der Waals surface area contributed by atoms with Crippen LogP contribution in [0.5, 0.6) is 0 Å². The van der Waals surface area contributed by atoms with Crippen molar-refractivity contribution >= 4 is 23.4 Å². The third-order valence-corrected chi connectivity index (χ3v) is 1.46. The number of anilines is 1. The predicted molar refractivity (Wildman–Crippen MR) is 50.5 cm³/mol. The smallest absolute Gasteiger partial charge is 0.333 e. The van der Waals surface area contributed by atoms with E-state index in [1.54, 1.807) is 18.2 Å². The molecule has 1 heterocycles. The van der Waals surface area contributed by atoms with E-state index in [2.05, 4.69) is 21.2 Å². The van der Waals surface area contributed by atoms with E-state index >= 15 is 0 Å². The summed E-state index contributed by atoms with van der Waals surface area (Å²) in [6, 6.07) is 4.71. The van der Waals surface area contributed by atoms with Gasteiger partial charge in [-0.2, -0.15) is 0 Å². The third kappa shape index (κ3) is 3.16. The van der Waals surface area contributed by atoms with Gasteiger partial charge in [-0.15, -0.1) is 0 Å². The molecule has 0 radical (unpaired) electrons. The highest BCUT2D eigenvalue weighted by molar-refractivity contribution is 6.29. The molecule has 6 heteroatoms. The second kappa shape index (κ2) is 4.51. The molecule has 1 aromatic rings. The molecule has 1 aromatic heterocycles. The van der Waals surface area contributed by atoms with Gasteiger partial charge in [-0.05, 0) is 12.1 Å². The molecule has 2 amide bonds. The van der Waals surface area contributed by atoms with Gasteiger partial charge in [0.05, 0.1) is 0 Å². The van der Waals surface area contributed by atoms with Gasteiger partial charge in [0.25, 0.3) is 0 Å². The Kier molecular flexibility index (Phi) is 3.33. The van der Waals surface area contributed by atoms with Gasteiger partial charge in [-0.3, -0.25) is 10.9 Å². The molecule has 70 valence electrons. The zero-order valence-corrected chi connectivity index (χ0v) is 7.72. The fourth-order valence-electron chi connectivity index (χ4n) is 0.661. The molecule has 3 N–H and O–H groups in total. The summed E-state index contributed by atoms with van der Waals surface area (Å²) in [5.74, 6) is 0.483. The van der Waals surface area contributed by atoms with E-state index in [-0.39, 0.29) is 6.03 Å². The van der Waals surface area contributed by atoms with Gasteiger partial charge in [-0.1, -0.05) is 17.7 Å². The maximum Gasteiger partial charge on any atom is 0.333 e. The van der Waals surface area contributed by atoms with E-state index in [0.717, 1.165) is 0 Å². The number of halogens is 1. The number of hydrazine groups is 1. The molecule has 0 aromatic carbocycles. The number of hydrogen-bond acceptors (Lipinski definition) is 3. The summed E-state index contributed by atoms with van der Waals surface area (Å²) in [6.45, 7) is 0. The Balaban J connectivity index is 2.50. The first-order valence-corrected chi connectivity index (χ1v) is 3.96. The summed E-state index contributed by atoms with van der Waals surface area (Å²) in [5, 5.41) is 2.74. The van der Waals surface area contributed by atoms with Crippen LogP contribution in [0.3, 0.4) is 0 Å².